The van der Waals surface area contributed by atoms with Crippen LogP contribution in [0.4, 0.5) is 5.69 Å². The van der Waals surface area contributed by atoms with Crippen molar-refractivity contribution in [3.05, 3.63) is 23.1 Å². The lowest BCUT2D eigenvalue weighted by molar-refractivity contribution is 0.0794. The molecule has 0 spiro atoms. The summed E-state index contributed by atoms with van der Waals surface area (Å²) in [6.07, 6.45) is 2.46. The Morgan fingerprint density at radius 3 is 2.90 bits per heavy atom. The molecule has 5 heteroatoms. The van der Waals surface area contributed by atoms with Gasteiger partial charge in [-0.2, -0.15) is 0 Å². The van der Waals surface area contributed by atoms with Crippen LogP contribution in [0.25, 0.3) is 10.1 Å². The molecule has 20 heavy (non-hydrogen) atoms. The molecule has 1 fully saturated rings. The summed E-state index contributed by atoms with van der Waals surface area (Å²) in [5.41, 5.74) is 6.72. The van der Waals surface area contributed by atoms with Crippen molar-refractivity contribution in [2.45, 2.75) is 12.8 Å². The number of hydrogen-bond acceptors (Lipinski definition) is 4. The van der Waals surface area contributed by atoms with E-state index >= 15 is 0 Å². The third-order valence-electron chi connectivity index (χ3n) is 3.70. The van der Waals surface area contributed by atoms with Crippen molar-refractivity contribution < 1.29 is 9.53 Å². The molecule has 3 rings (SSSR count). The van der Waals surface area contributed by atoms with Crippen LogP contribution in [0.3, 0.4) is 0 Å². The predicted molar refractivity (Wildman–Crippen MR) is 82.5 cm³/mol. The highest BCUT2D eigenvalue weighted by atomic mass is 32.1. The number of fused-ring (bicyclic) bond motifs is 1. The van der Waals surface area contributed by atoms with E-state index in [2.05, 4.69) is 0 Å². The topological polar surface area (TPSA) is 55.6 Å². The minimum atomic E-state index is 0.0117. The van der Waals surface area contributed by atoms with Gasteiger partial charge in [0.25, 0.3) is 5.91 Å². The minimum Gasteiger partial charge on any atom is -0.496 e. The number of ether oxygens (including phenoxy) is 1. The maximum absolute atomic E-state index is 12.5. The molecule has 0 aliphatic heterocycles. The maximum Gasteiger partial charge on any atom is 0.265 e. The molecule has 2 N–H and O–H groups in total. The Bertz CT molecular complexity index is 661. The van der Waals surface area contributed by atoms with Crippen molar-refractivity contribution in [2.24, 2.45) is 5.92 Å². The fourth-order valence-corrected chi connectivity index (χ4v) is 3.55. The summed E-state index contributed by atoms with van der Waals surface area (Å²) in [5, 5.41) is 0.850. The number of nitrogens with two attached hydrogens (primary N) is 1. The van der Waals surface area contributed by atoms with Crippen molar-refractivity contribution in [1.82, 2.24) is 4.90 Å². The lowest BCUT2D eigenvalue weighted by Crippen LogP contribution is -2.28. The maximum atomic E-state index is 12.5. The number of carbonyl (C=O) groups excluding carboxylic acids is 1. The quantitative estimate of drug-likeness (QED) is 0.942. The van der Waals surface area contributed by atoms with E-state index in [4.69, 9.17) is 10.5 Å². The Kier molecular flexibility index (Phi) is 3.30. The zero-order valence-electron chi connectivity index (χ0n) is 11.7. The molecule has 1 heterocycles. The standard InChI is InChI=1S/C15H18N2O2S/c1-17(8-9-6-7-9)15(18)14-13(16)12-10(19-2)4-3-5-11(12)20-14/h3-5,9H,6-8,16H2,1-2H3. The van der Waals surface area contributed by atoms with Crippen molar-refractivity contribution in [3.63, 3.8) is 0 Å². The highest BCUT2D eigenvalue weighted by Gasteiger charge is 2.27. The molecule has 1 aromatic carbocycles. The number of carbonyl (C=O) groups is 1. The lowest BCUT2D eigenvalue weighted by atomic mass is 10.2. The molecule has 4 nitrogen and oxygen atoms in total. The van der Waals surface area contributed by atoms with Crippen LogP contribution in [0.15, 0.2) is 18.2 Å². The largest absolute Gasteiger partial charge is 0.496 e. The molecule has 1 saturated carbocycles. The van der Waals surface area contributed by atoms with E-state index in [9.17, 15) is 4.79 Å². The zero-order valence-corrected chi connectivity index (χ0v) is 12.5. The summed E-state index contributed by atoms with van der Waals surface area (Å²) in [7, 11) is 3.47. The Hall–Kier alpha value is -1.75. The molecule has 106 valence electrons. The fraction of sp³-hybridized carbons (Fsp3) is 0.400. The van der Waals surface area contributed by atoms with Gasteiger partial charge in [-0.1, -0.05) is 6.07 Å². The Morgan fingerprint density at radius 2 is 2.25 bits per heavy atom. The molecule has 2 aromatic rings. The second-order valence-corrected chi connectivity index (χ2v) is 6.36. The van der Waals surface area contributed by atoms with Gasteiger partial charge < -0.3 is 15.4 Å². The van der Waals surface area contributed by atoms with Crippen LogP contribution in [0, 0.1) is 5.92 Å². The van der Waals surface area contributed by atoms with E-state index in [0.717, 1.165) is 22.4 Å². The van der Waals surface area contributed by atoms with Crippen molar-refractivity contribution >= 4 is 33.0 Å². The summed E-state index contributed by atoms with van der Waals surface area (Å²) < 4.78 is 6.33. The molecular formula is C15H18N2O2S. The van der Waals surface area contributed by atoms with E-state index < -0.39 is 0 Å². The first kappa shape index (κ1) is 13.2. The first-order valence-electron chi connectivity index (χ1n) is 6.72. The summed E-state index contributed by atoms with van der Waals surface area (Å²) >= 11 is 1.44. The Morgan fingerprint density at radius 1 is 1.50 bits per heavy atom. The second kappa shape index (κ2) is 4.98. The van der Waals surface area contributed by atoms with Gasteiger partial charge in [0.05, 0.1) is 18.2 Å². The third-order valence-corrected chi connectivity index (χ3v) is 4.86. The zero-order chi connectivity index (χ0) is 14.3. The van der Waals surface area contributed by atoms with Crippen LogP contribution in [0.1, 0.15) is 22.5 Å². The molecule has 1 amide bonds. The first-order valence-corrected chi connectivity index (χ1v) is 7.54. The number of benzene rings is 1. The third kappa shape index (κ3) is 2.22. The number of thiophene rings is 1. The van der Waals surface area contributed by atoms with Gasteiger partial charge in [0.15, 0.2) is 0 Å². The predicted octanol–water partition coefficient (Wildman–Crippen LogP) is 2.97. The number of nitrogen functional groups attached to an aromatic ring is 1. The van der Waals surface area contributed by atoms with Gasteiger partial charge in [-0.25, -0.2) is 0 Å². The van der Waals surface area contributed by atoms with Crippen LogP contribution in [-0.2, 0) is 0 Å². The number of anilines is 1. The molecule has 1 aromatic heterocycles. The number of nitrogens with zero attached hydrogens (tertiary/aromatic N) is 1. The van der Waals surface area contributed by atoms with E-state index in [0.29, 0.717) is 16.5 Å². The molecular weight excluding hydrogens is 272 g/mol. The summed E-state index contributed by atoms with van der Waals surface area (Å²) in [4.78, 5) is 14.9. The molecule has 0 saturated heterocycles. The molecule has 0 atom stereocenters. The van der Waals surface area contributed by atoms with Crippen LogP contribution >= 0.6 is 11.3 Å². The SMILES string of the molecule is COc1cccc2sc(C(=O)N(C)CC3CC3)c(N)c12. The summed E-state index contributed by atoms with van der Waals surface area (Å²) in [5.74, 6) is 1.41. The molecule has 0 unspecified atom stereocenters. The van der Waals surface area contributed by atoms with Crippen LogP contribution in [-0.4, -0.2) is 31.5 Å². The smallest absolute Gasteiger partial charge is 0.265 e. The van der Waals surface area contributed by atoms with Crippen LogP contribution < -0.4 is 10.5 Å². The van der Waals surface area contributed by atoms with E-state index in [1.807, 2.05) is 25.2 Å². The van der Waals surface area contributed by atoms with Gasteiger partial charge >= 0.3 is 0 Å². The molecule has 1 aliphatic rings. The van der Waals surface area contributed by atoms with Crippen LogP contribution in [0.5, 0.6) is 5.75 Å². The minimum absolute atomic E-state index is 0.0117. The summed E-state index contributed by atoms with van der Waals surface area (Å²) in [6.45, 7) is 0.823. The van der Waals surface area contributed by atoms with Gasteiger partial charge in [-0.05, 0) is 30.9 Å². The van der Waals surface area contributed by atoms with Gasteiger partial charge in [0, 0.05) is 18.3 Å². The number of hydrogen-bond donors (Lipinski definition) is 1. The van der Waals surface area contributed by atoms with E-state index in [1.54, 1.807) is 12.0 Å². The molecule has 1 aliphatic carbocycles. The summed E-state index contributed by atoms with van der Waals surface area (Å²) in [6, 6.07) is 5.75. The molecule has 0 radical (unpaired) electrons. The first-order chi connectivity index (χ1) is 9.61. The number of methoxy groups -OCH3 is 1. The Balaban J connectivity index is 1.98. The van der Waals surface area contributed by atoms with Crippen molar-refractivity contribution in [2.75, 3.05) is 26.4 Å². The van der Waals surface area contributed by atoms with Crippen molar-refractivity contribution in [3.8, 4) is 5.75 Å². The average Bonchev–Trinajstić information content (AvgIpc) is 3.20. The highest BCUT2D eigenvalue weighted by Crippen LogP contribution is 2.40. The van der Waals surface area contributed by atoms with Gasteiger partial charge in [0.1, 0.15) is 10.6 Å². The van der Waals surface area contributed by atoms with Crippen LogP contribution in [0.2, 0.25) is 0 Å². The van der Waals surface area contributed by atoms with Gasteiger partial charge in [-0.3, -0.25) is 4.79 Å². The number of rotatable bonds is 4. The van der Waals surface area contributed by atoms with E-state index in [-0.39, 0.29) is 5.91 Å². The highest BCUT2D eigenvalue weighted by molar-refractivity contribution is 7.21. The average molecular weight is 290 g/mol. The lowest BCUT2D eigenvalue weighted by Gasteiger charge is -2.16. The normalized spacial score (nSPS) is 14.5. The Labute approximate surface area is 122 Å². The van der Waals surface area contributed by atoms with Crippen molar-refractivity contribution in [1.29, 1.82) is 0 Å². The monoisotopic (exact) mass is 290 g/mol. The number of amides is 1. The van der Waals surface area contributed by atoms with E-state index in [1.165, 1.54) is 24.2 Å². The fourth-order valence-electron chi connectivity index (χ4n) is 2.41. The van der Waals surface area contributed by atoms with Gasteiger partial charge in [-0.15, -0.1) is 11.3 Å². The van der Waals surface area contributed by atoms with Gasteiger partial charge in [0.2, 0.25) is 0 Å². The molecule has 0 bridgehead atoms. The second-order valence-electron chi connectivity index (χ2n) is 5.31.